The van der Waals surface area contributed by atoms with E-state index in [1.54, 1.807) is 12.1 Å². The summed E-state index contributed by atoms with van der Waals surface area (Å²) in [6, 6.07) is 8.76. The number of aromatic hydroxyl groups is 4. The van der Waals surface area contributed by atoms with Crippen LogP contribution < -0.4 is 0 Å². The third-order valence-electron chi connectivity index (χ3n) is 3.74. The number of hydrogen-bond acceptors (Lipinski definition) is 6. The van der Waals surface area contributed by atoms with E-state index >= 15 is 0 Å². The zero-order valence-electron chi connectivity index (χ0n) is 13.5. The van der Waals surface area contributed by atoms with Gasteiger partial charge < -0.3 is 25.5 Å². The molecule has 2 rings (SSSR count). The van der Waals surface area contributed by atoms with Crippen LogP contribution in [0, 0.1) is 0 Å². The number of carbonyl (C=O) groups is 1. The summed E-state index contributed by atoms with van der Waals surface area (Å²) in [5.74, 6) is -1.20. The minimum atomic E-state index is -0.251. The lowest BCUT2D eigenvalue weighted by atomic mass is 10.0. The smallest absolute Gasteiger partial charge is 0.159 e. The fraction of sp³-hybridized carbons (Fsp3) is 0.211. The van der Waals surface area contributed by atoms with Crippen LogP contribution in [0.25, 0.3) is 0 Å². The Hall–Kier alpha value is -3.15. The lowest BCUT2D eigenvalue weighted by molar-refractivity contribution is -0.114. The van der Waals surface area contributed by atoms with Crippen molar-refractivity contribution in [3.05, 3.63) is 59.4 Å². The molecule has 0 aliphatic rings. The average Bonchev–Trinajstić information content (AvgIpc) is 2.57. The summed E-state index contributed by atoms with van der Waals surface area (Å²) in [5, 5.41) is 47.1. The summed E-state index contributed by atoms with van der Waals surface area (Å²) in [5.41, 5.74) is 1.43. The van der Waals surface area contributed by atoms with Gasteiger partial charge >= 0.3 is 0 Å². The Balaban J connectivity index is 1.84. The number of aliphatic hydroxyl groups excluding tert-OH is 1. The van der Waals surface area contributed by atoms with Crippen LogP contribution in [-0.4, -0.2) is 31.3 Å². The zero-order chi connectivity index (χ0) is 18.4. The quantitative estimate of drug-likeness (QED) is 0.299. The maximum absolute atomic E-state index is 11.9. The van der Waals surface area contributed by atoms with Crippen molar-refractivity contribution >= 4 is 5.78 Å². The molecule has 2 aromatic carbocycles. The maximum atomic E-state index is 11.9. The number of ketones is 1. The van der Waals surface area contributed by atoms with E-state index in [0.717, 1.165) is 5.56 Å². The molecule has 132 valence electrons. The monoisotopic (exact) mass is 344 g/mol. The third-order valence-corrected chi connectivity index (χ3v) is 3.74. The molecular formula is C19H20O6. The van der Waals surface area contributed by atoms with E-state index in [4.69, 9.17) is 0 Å². The van der Waals surface area contributed by atoms with Gasteiger partial charge in [0.1, 0.15) is 0 Å². The van der Waals surface area contributed by atoms with Crippen LogP contribution in [0.4, 0.5) is 0 Å². The second kappa shape index (κ2) is 8.10. The summed E-state index contributed by atoms with van der Waals surface area (Å²) in [6.45, 7) is 0. The molecule has 0 fully saturated rings. The summed E-state index contributed by atoms with van der Waals surface area (Å²) >= 11 is 0. The molecule has 0 aliphatic carbocycles. The highest BCUT2D eigenvalue weighted by molar-refractivity contribution is 5.90. The fourth-order valence-corrected chi connectivity index (χ4v) is 2.32. The average molecular weight is 344 g/mol. The van der Waals surface area contributed by atoms with Crippen LogP contribution >= 0.6 is 0 Å². The molecule has 0 aliphatic heterocycles. The molecule has 0 bridgehead atoms. The Morgan fingerprint density at radius 1 is 0.760 bits per heavy atom. The molecular weight excluding hydrogens is 324 g/mol. The molecule has 25 heavy (non-hydrogen) atoms. The van der Waals surface area contributed by atoms with Gasteiger partial charge in [0, 0.05) is 18.9 Å². The van der Waals surface area contributed by atoms with Crippen molar-refractivity contribution in [3.8, 4) is 23.0 Å². The molecule has 0 unspecified atom stereocenters. The third kappa shape index (κ3) is 5.46. The lowest BCUT2D eigenvalue weighted by Gasteiger charge is -2.04. The highest BCUT2D eigenvalue weighted by Gasteiger charge is 2.06. The second-order valence-corrected chi connectivity index (χ2v) is 5.75. The number of carbonyl (C=O) groups excluding carboxylic acids is 1. The van der Waals surface area contributed by atoms with Crippen molar-refractivity contribution in [3.63, 3.8) is 0 Å². The van der Waals surface area contributed by atoms with E-state index in [9.17, 15) is 30.3 Å². The van der Waals surface area contributed by atoms with Gasteiger partial charge in [-0.2, -0.15) is 0 Å². The van der Waals surface area contributed by atoms with Crippen molar-refractivity contribution in [2.45, 2.75) is 25.7 Å². The van der Waals surface area contributed by atoms with Gasteiger partial charge in [-0.15, -0.1) is 0 Å². The maximum Gasteiger partial charge on any atom is 0.159 e. The van der Waals surface area contributed by atoms with Gasteiger partial charge in [-0.05, 0) is 48.2 Å². The number of aliphatic hydroxyl groups is 1. The first-order valence-corrected chi connectivity index (χ1v) is 7.79. The molecule has 0 saturated carbocycles. The lowest BCUT2D eigenvalue weighted by Crippen LogP contribution is -1.99. The molecule has 0 aromatic heterocycles. The van der Waals surface area contributed by atoms with Crippen LogP contribution in [0.15, 0.2) is 48.2 Å². The summed E-state index contributed by atoms with van der Waals surface area (Å²) in [7, 11) is 0. The molecule has 2 aromatic rings. The van der Waals surface area contributed by atoms with Gasteiger partial charge in [-0.3, -0.25) is 4.79 Å². The number of aryl methyl sites for hydroxylation is 2. The highest BCUT2D eigenvalue weighted by Crippen LogP contribution is 2.26. The summed E-state index contributed by atoms with van der Waals surface area (Å²) < 4.78 is 0. The predicted molar refractivity (Wildman–Crippen MR) is 91.9 cm³/mol. The molecule has 0 radical (unpaired) electrons. The Kier molecular flexibility index (Phi) is 5.89. The van der Waals surface area contributed by atoms with Crippen LogP contribution in [0.5, 0.6) is 23.0 Å². The molecule has 0 saturated heterocycles. The zero-order valence-corrected chi connectivity index (χ0v) is 13.5. The van der Waals surface area contributed by atoms with Gasteiger partial charge in [-0.1, -0.05) is 12.1 Å². The topological polar surface area (TPSA) is 118 Å². The van der Waals surface area contributed by atoms with Crippen LogP contribution in [-0.2, 0) is 17.6 Å². The molecule has 0 amide bonds. The Bertz CT molecular complexity index is 794. The number of phenols is 4. The van der Waals surface area contributed by atoms with E-state index in [0.29, 0.717) is 18.4 Å². The van der Waals surface area contributed by atoms with Crippen molar-refractivity contribution in [1.82, 2.24) is 0 Å². The van der Waals surface area contributed by atoms with Crippen LogP contribution in [0.3, 0.4) is 0 Å². The number of benzene rings is 2. The molecule has 0 spiro atoms. The first kappa shape index (κ1) is 18.2. The molecule has 5 N–H and O–H groups in total. The Morgan fingerprint density at radius 2 is 1.24 bits per heavy atom. The van der Waals surface area contributed by atoms with Crippen molar-refractivity contribution < 1.29 is 30.3 Å². The molecule has 6 nitrogen and oxygen atoms in total. The predicted octanol–water partition coefficient (Wildman–Crippen LogP) is 3.09. The first-order valence-electron chi connectivity index (χ1n) is 7.79. The molecule has 6 heteroatoms. The molecule has 0 atom stereocenters. The fourth-order valence-electron chi connectivity index (χ4n) is 2.32. The number of phenolic OH excluding ortho intramolecular Hbond substituents is 4. The van der Waals surface area contributed by atoms with Gasteiger partial charge in [0.25, 0.3) is 0 Å². The van der Waals surface area contributed by atoms with Crippen LogP contribution in [0.2, 0.25) is 0 Å². The van der Waals surface area contributed by atoms with E-state index in [1.807, 2.05) is 0 Å². The number of hydrogen-bond donors (Lipinski definition) is 5. The minimum absolute atomic E-state index is 0.0638. The minimum Gasteiger partial charge on any atom is -0.512 e. The normalized spacial score (nSPS) is 11.4. The molecule has 0 heterocycles. The number of allylic oxidation sites excluding steroid dienone is 2. The van der Waals surface area contributed by atoms with E-state index < -0.39 is 0 Å². The first-order chi connectivity index (χ1) is 11.8. The summed E-state index contributed by atoms with van der Waals surface area (Å²) in [4.78, 5) is 11.9. The van der Waals surface area contributed by atoms with E-state index in [2.05, 4.69) is 0 Å². The standard InChI is InChI=1S/C19H20O6/c20-14(5-1-12-3-7-16(22)18(24)9-12)11-15(21)6-2-13-4-8-17(23)19(25)10-13/h3-4,7-11,20,22-25H,1-2,5-6H2/b14-11-. The van der Waals surface area contributed by atoms with E-state index in [1.165, 1.54) is 30.3 Å². The summed E-state index contributed by atoms with van der Waals surface area (Å²) in [6.07, 6.45) is 2.35. The van der Waals surface area contributed by atoms with Crippen molar-refractivity contribution in [2.24, 2.45) is 0 Å². The van der Waals surface area contributed by atoms with E-state index in [-0.39, 0.29) is 47.4 Å². The Morgan fingerprint density at radius 3 is 1.72 bits per heavy atom. The SMILES string of the molecule is O=C(/C=C(\O)CCc1ccc(O)c(O)c1)CCc1ccc(O)c(O)c1. The van der Waals surface area contributed by atoms with Gasteiger partial charge in [-0.25, -0.2) is 0 Å². The van der Waals surface area contributed by atoms with Crippen LogP contribution in [0.1, 0.15) is 24.0 Å². The van der Waals surface area contributed by atoms with Gasteiger partial charge in [0.2, 0.25) is 0 Å². The van der Waals surface area contributed by atoms with Gasteiger partial charge in [0.15, 0.2) is 28.8 Å². The second-order valence-electron chi connectivity index (χ2n) is 5.75. The van der Waals surface area contributed by atoms with Crippen molar-refractivity contribution in [1.29, 1.82) is 0 Å². The number of rotatable bonds is 7. The Labute approximate surface area is 144 Å². The highest BCUT2D eigenvalue weighted by atomic mass is 16.3. The van der Waals surface area contributed by atoms with Gasteiger partial charge in [0.05, 0.1) is 5.76 Å². The van der Waals surface area contributed by atoms with Crippen molar-refractivity contribution in [2.75, 3.05) is 0 Å². The largest absolute Gasteiger partial charge is 0.512 e.